The molecule has 0 atom stereocenters. The van der Waals surface area contributed by atoms with Gasteiger partial charge in [-0.15, -0.1) is 11.3 Å². The zero-order chi connectivity index (χ0) is 19.5. The average Bonchev–Trinajstić information content (AvgIpc) is 3.18. The minimum atomic E-state index is -0.239. The maximum Gasteiger partial charge on any atom is 0.320 e. The molecule has 3 aromatic heterocycles. The van der Waals surface area contributed by atoms with Gasteiger partial charge in [-0.2, -0.15) is 0 Å². The first-order valence-corrected chi connectivity index (χ1v) is 10.4. The van der Waals surface area contributed by atoms with E-state index >= 15 is 0 Å². The van der Waals surface area contributed by atoms with Gasteiger partial charge >= 0.3 is 6.03 Å². The van der Waals surface area contributed by atoms with Gasteiger partial charge in [0.25, 0.3) is 0 Å². The van der Waals surface area contributed by atoms with Crippen LogP contribution >= 0.6 is 11.3 Å². The highest BCUT2D eigenvalue weighted by Gasteiger charge is 2.18. The van der Waals surface area contributed by atoms with Gasteiger partial charge in [-0.05, 0) is 44.0 Å². The number of fused-ring (bicyclic) bond motifs is 1. The van der Waals surface area contributed by atoms with Crippen LogP contribution in [0.25, 0.3) is 21.3 Å². The Morgan fingerprint density at radius 1 is 1.14 bits per heavy atom. The molecule has 2 N–H and O–H groups in total. The third-order valence-corrected chi connectivity index (χ3v) is 6.23. The molecule has 1 aliphatic rings. The van der Waals surface area contributed by atoms with Gasteiger partial charge in [0, 0.05) is 34.3 Å². The number of aromatic nitrogens is 2. The summed E-state index contributed by atoms with van der Waals surface area (Å²) in [4.78, 5) is 34.7. The van der Waals surface area contributed by atoms with E-state index in [1.807, 2.05) is 24.3 Å². The maximum absolute atomic E-state index is 12.6. The molecule has 3 heterocycles. The van der Waals surface area contributed by atoms with Gasteiger partial charge in [-0.3, -0.25) is 15.1 Å². The number of rotatable bonds is 4. The van der Waals surface area contributed by atoms with E-state index in [2.05, 4.69) is 20.6 Å². The number of nitrogens with one attached hydrogen (secondary N) is 2. The Hall–Kier alpha value is -2.80. The van der Waals surface area contributed by atoms with E-state index in [0.717, 1.165) is 47.0 Å². The molecule has 0 spiro atoms. The van der Waals surface area contributed by atoms with Crippen molar-refractivity contribution < 1.29 is 9.59 Å². The number of urea groups is 1. The quantitative estimate of drug-likeness (QED) is 0.609. The van der Waals surface area contributed by atoms with Crippen molar-refractivity contribution in [1.29, 1.82) is 0 Å². The van der Waals surface area contributed by atoms with Crippen molar-refractivity contribution in [3.63, 3.8) is 0 Å². The molecule has 4 rings (SSSR count). The van der Waals surface area contributed by atoms with Crippen LogP contribution in [0.3, 0.4) is 0 Å². The maximum atomic E-state index is 12.6. The summed E-state index contributed by atoms with van der Waals surface area (Å²) in [5, 5.41) is 6.87. The topological polar surface area (TPSA) is 84.0 Å². The molecule has 2 amide bonds. The van der Waals surface area contributed by atoms with Gasteiger partial charge in [0.2, 0.25) is 0 Å². The first kappa shape index (κ1) is 18.6. The normalized spacial score (nSPS) is 14.8. The summed E-state index contributed by atoms with van der Waals surface area (Å²) in [7, 11) is 0. The van der Waals surface area contributed by atoms with Crippen LogP contribution in [0.2, 0.25) is 0 Å². The lowest BCUT2D eigenvalue weighted by Crippen LogP contribution is -2.39. The molecule has 0 radical (unpaired) electrons. The standard InChI is InChI=1S/C21H22N4O2S/c1-13(26)18-7-8-19(28-18)16-11-14-12-22-10-9-17(14)24-20(16)25-21(27)23-15-5-3-2-4-6-15/h7-12,15H,2-6H2,1H3,(H2,23,24,25,27). The van der Waals surface area contributed by atoms with E-state index in [1.54, 1.807) is 19.3 Å². The average molecular weight is 395 g/mol. The van der Waals surface area contributed by atoms with E-state index < -0.39 is 0 Å². The molecule has 7 heteroatoms. The summed E-state index contributed by atoms with van der Waals surface area (Å²) in [6, 6.07) is 7.46. The first-order chi connectivity index (χ1) is 13.6. The van der Waals surface area contributed by atoms with Crippen molar-refractivity contribution in [1.82, 2.24) is 15.3 Å². The lowest BCUT2D eigenvalue weighted by Gasteiger charge is -2.23. The highest BCUT2D eigenvalue weighted by Crippen LogP contribution is 2.35. The van der Waals surface area contributed by atoms with Crippen LogP contribution in [0.5, 0.6) is 0 Å². The molecule has 0 bridgehead atoms. The summed E-state index contributed by atoms with van der Waals surface area (Å²) >= 11 is 1.40. The lowest BCUT2D eigenvalue weighted by atomic mass is 9.96. The van der Waals surface area contributed by atoms with Crippen LogP contribution in [0.1, 0.15) is 48.7 Å². The number of carbonyl (C=O) groups excluding carboxylic acids is 2. The Morgan fingerprint density at radius 2 is 1.96 bits per heavy atom. The van der Waals surface area contributed by atoms with Crippen LogP contribution < -0.4 is 10.6 Å². The second-order valence-corrected chi connectivity index (χ2v) is 8.19. The van der Waals surface area contributed by atoms with E-state index in [0.29, 0.717) is 10.7 Å². The number of anilines is 1. The highest BCUT2D eigenvalue weighted by atomic mass is 32.1. The number of hydrogen-bond donors (Lipinski definition) is 2. The van der Waals surface area contributed by atoms with Gasteiger partial charge in [-0.25, -0.2) is 9.78 Å². The minimum Gasteiger partial charge on any atom is -0.335 e. The molecule has 1 aliphatic carbocycles. The molecule has 0 aromatic carbocycles. The van der Waals surface area contributed by atoms with Crippen LogP contribution in [-0.4, -0.2) is 27.8 Å². The zero-order valence-corrected chi connectivity index (χ0v) is 16.5. The molecular formula is C21H22N4O2S. The largest absolute Gasteiger partial charge is 0.335 e. The fraction of sp³-hybridized carbons (Fsp3) is 0.333. The molecule has 144 valence electrons. The zero-order valence-electron chi connectivity index (χ0n) is 15.7. The number of hydrogen-bond acceptors (Lipinski definition) is 5. The molecule has 0 saturated heterocycles. The molecular weight excluding hydrogens is 372 g/mol. The Kier molecular flexibility index (Phi) is 5.34. The molecule has 0 unspecified atom stereocenters. The summed E-state index contributed by atoms with van der Waals surface area (Å²) in [5.41, 5.74) is 1.55. The highest BCUT2D eigenvalue weighted by molar-refractivity contribution is 7.17. The van der Waals surface area contributed by atoms with Gasteiger partial charge in [0.05, 0.1) is 10.4 Å². The van der Waals surface area contributed by atoms with E-state index in [9.17, 15) is 9.59 Å². The molecule has 28 heavy (non-hydrogen) atoms. The Balaban J connectivity index is 1.66. The van der Waals surface area contributed by atoms with Crippen LogP contribution in [0.4, 0.5) is 10.6 Å². The monoisotopic (exact) mass is 394 g/mol. The molecule has 6 nitrogen and oxygen atoms in total. The van der Waals surface area contributed by atoms with E-state index in [4.69, 9.17) is 0 Å². The van der Waals surface area contributed by atoms with Crippen molar-refractivity contribution >= 4 is 39.9 Å². The number of nitrogens with zero attached hydrogens (tertiary/aromatic N) is 2. The number of Topliss-reactive ketones (excluding diaryl/α,β-unsaturated/α-hetero) is 1. The van der Waals surface area contributed by atoms with Gasteiger partial charge in [0.1, 0.15) is 5.82 Å². The smallest absolute Gasteiger partial charge is 0.320 e. The van der Waals surface area contributed by atoms with Crippen LogP contribution in [-0.2, 0) is 0 Å². The Labute approximate surface area is 167 Å². The third kappa shape index (κ3) is 4.04. The fourth-order valence-corrected chi connectivity index (χ4v) is 4.47. The Bertz CT molecular complexity index is 1020. The first-order valence-electron chi connectivity index (χ1n) is 9.53. The number of thiophene rings is 1. The predicted molar refractivity (Wildman–Crippen MR) is 112 cm³/mol. The number of pyridine rings is 2. The van der Waals surface area contributed by atoms with Gasteiger partial charge in [-0.1, -0.05) is 19.3 Å². The summed E-state index contributed by atoms with van der Waals surface area (Å²) in [5.74, 6) is 0.514. The second kappa shape index (κ2) is 8.06. The van der Waals surface area contributed by atoms with Crippen LogP contribution in [0, 0.1) is 0 Å². The third-order valence-electron chi connectivity index (χ3n) is 5.01. The fourth-order valence-electron chi connectivity index (χ4n) is 3.55. The molecule has 1 saturated carbocycles. The van der Waals surface area contributed by atoms with Crippen molar-refractivity contribution in [3.8, 4) is 10.4 Å². The van der Waals surface area contributed by atoms with Crippen molar-refractivity contribution in [2.45, 2.75) is 45.1 Å². The lowest BCUT2D eigenvalue weighted by molar-refractivity contribution is 0.102. The second-order valence-electron chi connectivity index (χ2n) is 7.11. The van der Waals surface area contributed by atoms with E-state index in [-0.39, 0.29) is 17.9 Å². The Morgan fingerprint density at radius 3 is 2.71 bits per heavy atom. The summed E-state index contributed by atoms with van der Waals surface area (Å²) < 4.78 is 0. The van der Waals surface area contributed by atoms with Gasteiger partial charge < -0.3 is 5.32 Å². The number of amides is 2. The van der Waals surface area contributed by atoms with Crippen molar-refractivity contribution in [2.75, 3.05) is 5.32 Å². The van der Waals surface area contributed by atoms with E-state index in [1.165, 1.54) is 17.8 Å². The minimum absolute atomic E-state index is 0.0243. The summed E-state index contributed by atoms with van der Waals surface area (Å²) in [6.07, 6.45) is 9.01. The van der Waals surface area contributed by atoms with Crippen molar-refractivity contribution in [3.05, 3.63) is 41.5 Å². The SMILES string of the molecule is CC(=O)c1ccc(-c2cc3cnccc3nc2NC(=O)NC2CCCCC2)s1. The predicted octanol–water partition coefficient (Wildman–Crippen LogP) is 5.02. The van der Waals surface area contributed by atoms with Crippen molar-refractivity contribution in [2.24, 2.45) is 0 Å². The number of ketones is 1. The number of carbonyl (C=O) groups is 2. The molecule has 0 aliphatic heterocycles. The summed E-state index contributed by atoms with van der Waals surface area (Å²) in [6.45, 7) is 1.55. The van der Waals surface area contributed by atoms with Crippen LogP contribution in [0.15, 0.2) is 36.7 Å². The molecule has 1 fully saturated rings. The van der Waals surface area contributed by atoms with Gasteiger partial charge in [0.15, 0.2) is 5.78 Å². The molecule has 3 aromatic rings.